The maximum absolute atomic E-state index is 13.1. The fourth-order valence-electron chi connectivity index (χ4n) is 3.53. The Bertz CT molecular complexity index is 863. The summed E-state index contributed by atoms with van der Waals surface area (Å²) in [6.45, 7) is 5.66. The van der Waals surface area contributed by atoms with Gasteiger partial charge in [-0.15, -0.1) is 0 Å². The second-order valence-electron chi connectivity index (χ2n) is 6.15. The summed E-state index contributed by atoms with van der Waals surface area (Å²) in [5.74, 6) is 0.146. The summed E-state index contributed by atoms with van der Waals surface area (Å²) in [6.07, 6.45) is 3.85. The molecule has 1 aliphatic rings. The number of amides is 1. The molecule has 0 bridgehead atoms. The van der Waals surface area contributed by atoms with E-state index in [1.165, 1.54) is 5.69 Å². The van der Waals surface area contributed by atoms with E-state index in [0.29, 0.717) is 0 Å². The third-order valence-corrected chi connectivity index (χ3v) is 4.88. The van der Waals surface area contributed by atoms with Crippen molar-refractivity contribution in [3.05, 3.63) is 54.6 Å². The number of carbonyl (C=O) groups is 1. The molecule has 5 heteroatoms. The monoisotopic (exact) mass is 308 g/mol. The van der Waals surface area contributed by atoms with Gasteiger partial charge in [0, 0.05) is 25.0 Å². The number of hydrogen-bond acceptors (Lipinski definition) is 2. The molecule has 2 atom stereocenters. The fourth-order valence-corrected chi connectivity index (χ4v) is 3.53. The van der Waals surface area contributed by atoms with Crippen LogP contribution < -0.4 is 0 Å². The molecule has 2 aromatic heterocycles. The highest BCUT2D eigenvalue weighted by atomic mass is 16.2. The molecule has 0 aliphatic carbocycles. The number of carbonyl (C=O) groups excluding carboxylic acids is 1. The molecule has 23 heavy (non-hydrogen) atoms. The lowest BCUT2D eigenvalue weighted by Crippen LogP contribution is -2.43. The van der Waals surface area contributed by atoms with Crippen LogP contribution in [0.3, 0.4) is 0 Å². The van der Waals surface area contributed by atoms with Crippen molar-refractivity contribution in [3.63, 3.8) is 0 Å². The molecule has 1 amide bonds. The van der Waals surface area contributed by atoms with Crippen LogP contribution in [0, 0.1) is 0 Å². The summed E-state index contributed by atoms with van der Waals surface area (Å²) >= 11 is 0. The van der Waals surface area contributed by atoms with Crippen LogP contribution in [0.2, 0.25) is 0 Å². The second kappa shape index (κ2) is 5.26. The van der Waals surface area contributed by atoms with Gasteiger partial charge in [-0.25, -0.2) is 4.98 Å². The summed E-state index contributed by atoms with van der Waals surface area (Å²) in [7, 11) is 0. The molecule has 1 aliphatic heterocycles. The van der Waals surface area contributed by atoms with Crippen LogP contribution in [0.25, 0.3) is 11.0 Å². The lowest BCUT2D eigenvalue weighted by atomic mass is 10.1. The van der Waals surface area contributed by atoms with E-state index in [-0.39, 0.29) is 18.0 Å². The topological polar surface area (TPSA) is 43.1 Å². The quantitative estimate of drug-likeness (QED) is 0.730. The Hall–Kier alpha value is -2.56. The summed E-state index contributed by atoms with van der Waals surface area (Å²) in [6, 6.07) is 11.9. The van der Waals surface area contributed by atoms with Crippen molar-refractivity contribution in [1.82, 2.24) is 19.0 Å². The number of benzene rings is 1. The van der Waals surface area contributed by atoms with Crippen molar-refractivity contribution in [3.8, 4) is 0 Å². The molecule has 0 N–H and O–H groups in total. The molecule has 3 heterocycles. The van der Waals surface area contributed by atoms with Crippen LogP contribution in [-0.4, -0.2) is 31.5 Å². The number of aromatic nitrogens is 3. The highest BCUT2D eigenvalue weighted by Crippen LogP contribution is 2.28. The van der Waals surface area contributed by atoms with E-state index in [9.17, 15) is 4.79 Å². The lowest BCUT2D eigenvalue weighted by molar-refractivity contribution is -0.137. The van der Waals surface area contributed by atoms with Gasteiger partial charge in [-0.05, 0) is 38.1 Å². The van der Waals surface area contributed by atoms with Gasteiger partial charge in [0.05, 0.1) is 23.4 Å². The van der Waals surface area contributed by atoms with E-state index < -0.39 is 0 Å². The Morgan fingerprint density at radius 2 is 2.04 bits per heavy atom. The van der Waals surface area contributed by atoms with Crippen LogP contribution in [0.4, 0.5) is 0 Å². The fraction of sp³-hybridized carbons (Fsp3) is 0.333. The van der Waals surface area contributed by atoms with Crippen molar-refractivity contribution >= 4 is 16.9 Å². The molecule has 3 aromatic rings. The normalized spacial score (nSPS) is 18.9. The Balaban J connectivity index is 1.64. The lowest BCUT2D eigenvalue weighted by Gasteiger charge is -2.36. The van der Waals surface area contributed by atoms with Crippen molar-refractivity contribution < 1.29 is 4.79 Å². The van der Waals surface area contributed by atoms with E-state index >= 15 is 0 Å². The van der Waals surface area contributed by atoms with Crippen LogP contribution in [0.15, 0.2) is 48.9 Å². The van der Waals surface area contributed by atoms with Crippen molar-refractivity contribution in [1.29, 1.82) is 0 Å². The highest BCUT2D eigenvalue weighted by molar-refractivity contribution is 5.84. The molecule has 0 spiro atoms. The van der Waals surface area contributed by atoms with Gasteiger partial charge < -0.3 is 14.0 Å². The molecule has 0 fully saturated rings. The standard InChI is InChI=1S/C18H20N4O/c1-13-16-8-5-9-20(16)10-11-21(13)18(23)14(2)22-12-19-15-6-3-4-7-17(15)22/h3-9,12-14H,10-11H2,1-2H3. The summed E-state index contributed by atoms with van der Waals surface area (Å²) in [5, 5.41) is 0. The maximum Gasteiger partial charge on any atom is 0.246 e. The summed E-state index contributed by atoms with van der Waals surface area (Å²) in [4.78, 5) is 19.4. The number of imidazole rings is 1. The first-order valence-electron chi connectivity index (χ1n) is 8.04. The molecule has 118 valence electrons. The number of hydrogen-bond donors (Lipinski definition) is 0. The SMILES string of the molecule is CC1c2cccn2CCN1C(=O)C(C)n1cnc2ccccc21. The van der Waals surface area contributed by atoms with Crippen LogP contribution >= 0.6 is 0 Å². The van der Waals surface area contributed by atoms with Crippen LogP contribution in [-0.2, 0) is 11.3 Å². The minimum Gasteiger partial charge on any atom is -0.348 e. The maximum atomic E-state index is 13.1. The average Bonchev–Trinajstić information content (AvgIpc) is 3.21. The van der Waals surface area contributed by atoms with Crippen molar-refractivity contribution in [2.24, 2.45) is 0 Å². The number of nitrogens with zero attached hydrogens (tertiary/aromatic N) is 4. The minimum absolute atomic E-state index is 0.100. The number of rotatable bonds is 2. The van der Waals surface area contributed by atoms with E-state index in [1.54, 1.807) is 6.33 Å². The molecule has 5 nitrogen and oxygen atoms in total. The first-order chi connectivity index (χ1) is 11.2. The van der Waals surface area contributed by atoms with Gasteiger partial charge in [-0.2, -0.15) is 0 Å². The van der Waals surface area contributed by atoms with Gasteiger partial charge in [-0.3, -0.25) is 4.79 Å². The Morgan fingerprint density at radius 3 is 2.91 bits per heavy atom. The molecule has 0 saturated carbocycles. The second-order valence-corrected chi connectivity index (χ2v) is 6.15. The molecule has 1 aromatic carbocycles. The molecular formula is C18H20N4O. The van der Waals surface area contributed by atoms with E-state index in [2.05, 4.69) is 28.7 Å². The zero-order valence-corrected chi connectivity index (χ0v) is 13.4. The molecule has 4 rings (SSSR count). The predicted molar refractivity (Wildman–Crippen MR) is 89.0 cm³/mol. The zero-order chi connectivity index (χ0) is 16.0. The van der Waals surface area contributed by atoms with E-state index in [0.717, 1.165) is 24.1 Å². The van der Waals surface area contributed by atoms with Crippen LogP contribution in [0.5, 0.6) is 0 Å². The Labute approximate surface area is 135 Å². The van der Waals surface area contributed by atoms with E-state index in [4.69, 9.17) is 0 Å². The van der Waals surface area contributed by atoms with Gasteiger partial charge in [0.25, 0.3) is 0 Å². The largest absolute Gasteiger partial charge is 0.348 e. The number of fused-ring (bicyclic) bond motifs is 2. The molecular weight excluding hydrogens is 288 g/mol. The van der Waals surface area contributed by atoms with Gasteiger partial charge in [0.1, 0.15) is 6.04 Å². The first kappa shape index (κ1) is 14.1. The van der Waals surface area contributed by atoms with Gasteiger partial charge in [-0.1, -0.05) is 12.1 Å². The third kappa shape index (κ3) is 2.15. The van der Waals surface area contributed by atoms with Crippen LogP contribution in [0.1, 0.15) is 31.6 Å². The minimum atomic E-state index is -0.258. The van der Waals surface area contributed by atoms with Gasteiger partial charge in [0.2, 0.25) is 5.91 Å². The third-order valence-electron chi connectivity index (χ3n) is 4.88. The summed E-state index contributed by atoms with van der Waals surface area (Å²) < 4.78 is 4.20. The van der Waals surface area contributed by atoms with E-state index in [1.807, 2.05) is 46.7 Å². The van der Waals surface area contributed by atoms with Crippen molar-refractivity contribution in [2.45, 2.75) is 32.5 Å². The summed E-state index contributed by atoms with van der Waals surface area (Å²) in [5.41, 5.74) is 3.13. The highest BCUT2D eigenvalue weighted by Gasteiger charge is 2.31. The Morgan fingerprint density at radius 1 is 1.22 bits per heavy atom. The molecule has 2 unspecified atom stereocenters. The Kier molecular flexibility index (Phi) is 3.22. The zero-order valence-electron chi connectivity index (χ0n) is 13.4. The van der Waals surface area contributed by atoms with Gasteiger partial charge >= 0.3 is 0 Å². The first-order valence-corrected chi connectivity index (χ1v) is 8.04. The smallest absolute Gasteiger partial charge is 0.246 e. The predicted octanol–water partition coefficient (Wildman–Crippen LogP) is 3.00. The molecule has 0 radical (unpaired) electrons. The van der Waals surface area contributed by atoms with Crippen molar-refractivity contribution in [2.75, 3.05) is 6.54 Å². The number of para-hydroxylation sites is 2. The average molecular weight is 308 g/mol. The molecule has 0 saturated heterocycles. The van der Waals surface area contributed by atoms with Gasteiger partial charge in [0.15, 0.2) is 0 Å².